The van der Waals surface area contributed by atoms with Gasteiger partial charge in [-0.05, 0) is 24.6 Å². The molecule has 0 aliphatic carbocycles. The molecule has 0 saturated heterocycles. The molecule has 1 aromatic carbocycles. The van der Waals surface area contributed by atoms with Crippen molar-refractivity contribution in [3.63, 3.8) is 0 Å². The van der Waals surface area contributed by atoms with Crippen LogP contribution in [0.4, 0.5) is 5.82 Å². The molecule has 0 unspecified atom stereocenters. The molecule has 0 saturated carbocycles. The maximum absolute atomic E-state index is 12.2. The minimum absolute atomic E-state index is 0.0586. The summed E-state index contributed by atoms with van der Waals surface area (Å²) in [6.07, 6.45) is 1.75. The third-order valence-corrected chi connectivity index (χ3v) is 3.12. The Kier molecular flexibility index (Phi) is 4.35. The predicted octanol–water partition coefficient (Wildman–Crippen LogP) is 2.39. The van der Waals surface area contributed by atoms with Crippen molar-refractivity contribution in [2.45, 2.75) is 13.5 Å². The number of aromatic nitrogens is 1. The van der Waals surface area contributed by atoms with Gasteiger partial charge >= 0.3 is 0 Å². The van der Waals surface area contributed by atoms with Crippen LogP contribution < -0.4 is 10.2 Å². The maximum atomic E-state index is 12.2. The summed E-state index contributed by atoms with van der Waals surface area (Å²) >= 11 is 0. The molecule has 0 spiro atoms. The van der Waals surface area contributed by atoms with Gasteiger partial charge in [-0.25, -0.2) is 4.98 Å². The van der Waals surface area contributed by atoms with Gasteiger partial charge in [-0.2, -0.15) is 0 Å². The van der Waals surface area contributed by atoms with E-state index in [1.807, 2.05) is 62.3 Å². The zero-order valence-electron chi connectivity index (χ0n) is 12.1. The molecule has 2 aromatic rings. The summed E-state index contributed by atoms with van der Waals surface area (Å²) in [5.74, 6) is 0.814. The van der Waals surface area contributed by atoms with Gasteiger partial charge in [0.2, 0.25) is 0 Å². The SMILES string of the molecule is Cc1ccccc1C(=O)NCc1cccnc1N(C)C. The minimum atomic E-state index is -0.0586. The number of pyridine rings is 1. The molecule has 2 rings (SSSR count). The van der Waals surface area contributed by atoms with E-state index in [0.717, 1.165) is 16.9 Å². The van der Waals surface area contributed by atoms with E-state index in [1.54, 1.807) is 6.20 Å². The first-order chi connectivity index (χ1) is 9.59. The molecule has 4 nitrogen and oxygen atoms in total. The third kappa shape index (κ3) is 3.15. The van der Waals surface area contributed by atoms with E-state index < -0.39 is 0 Å². The van der Waals surface area contributed by atoms with E-state index >= 15 is 0 Å². The second-order valence-corrected chi connectivity index (χ2v) is 4.88. The smallest absolute Gasteiger partial charge is 0.251 e. The number of nitrogens with zero attached hydrogens (tertiary/aromatic N) is 2. The van der Waals surface area contributed by atoms with Crippen LogP contribution in [0.15, 0.2) is 42.6 Å². The lowest BCUT2D eigenvalue weighted by atomic mass is 10.1. The molecule has 20 heavy (non-hydrogen) atoms. The standard InChI is InChI=1S/C16H19N3O/c1-12-7-4-5-9-14(12)16(20)18-11-13-8-6-10-17-15(13)19(2)3/h4-10H,11H2,1-3H3,(H,18,20). The summed E-state index contributed by atoms with van der Waals surface area (Å²) in [6.45, 7) is 2.40. The van der Waals surface area contributed by atoms with Gasteiger partial charge in [0, 0.05) is 38.0 Å². The van der Waals surface area contributed by atoms with Crippen molar-refractivity contribution in [2.24, 2.45) is 0 Å². The molecule has 1 heterocycles. The van der Waals surface area contributed by atoms with Gasteiger partial charge in [-0.1, -0.05) is 24.3 Å². The van der Waals surface area contributed by atoms with Crippen LogP contribution in [0.1, 0.15) is 21.5 Å². The van der Waals surface area contributed by atoms with Gasteiger partial charge in [0.15, 0.2) is 0 Å². The number of nitrogens with one attached hydrogen (secondary N) is 1. The number of carbonyl (C=O) groups is 1. The number of benzene rings is 1. The van der Waals surface area contributed by atoms with Gasteiger partial charge in [0.05, 0.1) is 0 Å². The average Bonchev–Trinajstić information content (AvgIpc) is 2.45. The van der Waals surface area contributed by atoms with Crippen LogP contribution in [0.5, 0.6) is 0 Å². The quantitative estimate of drug-likeness (QED) is 0.927. The third-order valence-electron chi connectivity index (χ3n) is 3.12. The first-order valence-electron chi connectivity index (χ1n) is 6.54. The van der Waals surface area contributed by atoms with Crippen LogP contribution >= 0.6 is 0 Å². The van der Waals surface area contributed by atoms with E-state index in [1.165, 1.54) is 0 Å². The fraction of sp³-hybridized carbons (Fsp3) is 0.250. The monoisotopic (exact) mass is 269 g/mol. The Morgan fingerprint density at radius 3 is 2.65 bits per heavy atom. The molecule has 0 atom stereocenters. The Balaban J connectivity index is 2.10. The van der Waals surface area contributed by atoms with E-state index in [2.05, 4.69) is 10.3 Å². The van der Waals surface area contributed by atoms with Gasteiger partial charge in [-0.3, -0.25) is 4.79 Å². The Bertz CT molecular complexity index is 608. The van der Waals surface area contributed by atoms with Gasteiger partial charge in [-0.15, -0.1) is 0 Å². The average molecular weight is 269 g/mol. The van der Waals surface area contributed by atoms with Crippen molar-refractivity contribution in [3.8, 4) is 0 Å². The van der Waals surface area contributed by atoms with Gasteiger partial charge < -0.3 is 10.2 Å². The molecule has 0 bridgehead atoms. The van der Waals surface area contributed by atoms with Crippen LogP contribution in [-0.2, 0) is 6.54 Å². The van der Waals surface area contributed by atoms with Crippen LogP contribution in [0, 0.1) is 6.92 Å². The summed E-state index contributed by atoms with van der Waals surface area (Å²) in [4.78, 5) is 18.4. The normalized spacial score (nSPS) is 10.2. The lowest BCUT2D eigenvalue weighted by Crippen LogP contribution is -2.25. The molecule has 4 heteroatoms. The van der Waals surface area contributed by atoms with Crippen molar-refractivity contribution in [3.05, 3.63) is 59.3 Å². The van der Waals surface area contributed by atoms with Crippen molar-refractivity contribution >= 4 is 11.7 Å². The Morgan fingerprint density at radius 2 is 1.95 bits per heavy atom. The van der Waals surface area contributed by atoms with Crippen LogP contribution in [0.3, 0.4) is 0 Å². The topological polar surface area (TPSA) is 45.2 Å². The number of carbonyl (C=O) groups excluding carboxylic acids is 1. The number of hydrogen-bond acceptors (Lipinski definition) is 3. The lowest BCUT2D eigenvalue weighted by molar-refractivity contribution is 0.0950. The highest BCUT2D eigenvalue weighted by Crippen LogP contribution is 2.14. The summed E-state index contributed by atoms with van der Waals surface area (Å²) in [7, 11) is 3.88. The van der Waals surface area contributed by atoms with E-state index in [9.17, 15) is 4.79 Å². The van der Waals surface area contributed by atoms with Crippen LogP contribution in [-0.4, -0.2) is 25.0 Å². The predicted molar refractivity (Wildman–Crippen MR) is 80.9 cm³/mol. The molecule has 1 aromatic heterocycles. The summed E-state index contributed by atoms with van der Waals surface area (Å²) in [5.41, 5.74) is 2.69. The number of anilines is 1. The van der Waals surface area contributed by atoms with Crippen LogP contribution in [0.25, 0.3) is 0 Å². The molecule has 1 N–H and O–H groups in total. The van der Waals surface area contributed by atoms with E-state index in [4.69, 9.17) is 0 Å². The lowest BCUT2D eigenvalue weighted by Gasteiger charge is -2.16. The molecular formula is C16H19N3O. The first kappa shape index (κ1) is 14.1. The Labute approximate surface area is 119 Å². The molecule has 1 amide bonds. The van der Waals surface area contributed by atoms with Crippen molar-refractivity contribution in [1.29, 1.82) is 0 Å². The number of rotatable bonds is 4. The number of amides is 1. The first-order valence-corrected chi connectivity index (χ1v) is 6.54. The Hall–Kier alpha value is -2.36. The molecule has 0 radical (unpaired) electrons. The molecular weight excluding hydrogens is 250 g/mol. The summed E-state index contributed by atoms with van der Waals surface area (Å²) in [5, 5.41) is 2.95. The molecule has 0 aliphatic heterocycles. The summed E-state index contributed by atoms with van der Waals surface area (Å²) < 4.78 is 0. The second-order valence-electron chi connectivity index (χ2n) is 4.88. The van der Waals surface area contributed by atoms with E-state index in [0.29, 0.717) is 12.1 Å². The summed E-state index contributed by atoms with van der Waals surface area (Å²) in [6, 6.07) is 11.4. The largest absolute Gasteiger partial charge is 0.362 e. The molecule has 0 aliphatic rings. The number of hydrogen-bond donors (Lipinski definition) is 1. The highest BCUT2D eigenvalue weighted by atomic mass is 16.1. The zero-order chi connectivity index (χ0) is 14.5. The van der Waals surface area contributed by atoms with Crippen molar-refractivity contribution in [2.75, 3.05) is 19.0 Å². The minimum Gasteiger partial charge on any atom is -0.362 e. The van der Waals surface area contributed by atoms with Gasteiger partial charge in [0.25, 0.3) is 5.91 Å². The van der Waals surface area contributed by atoms with Gasteiger partial charge in [0.1, 0.15) is 5.82 Å². The highest BCUT2D eigenvalue weighted by Gasteiger charge is 2.10. The fourth-order valence-corrected chi connectivity index (χ4v) is 2.07. The fourth-order valence-electron chi connectivity index (χ4n) is 2.07. The zero-order valence-corrected chi connectivity index (χ0v) is 12.1. The van der Waals surface area contributed by atoms with Crippen LogP contribution in [0.2, 0.25) is 0 Å². The molecule has 0 fully saturated rings. The van der Waals surface area contributed by atoms with Crippen molar-refractivity contribution < 1.29 is 4.79 Å². The Morgan fingerprint density at radius 1 is 1.20 bits per heavy atom. The van der Waals surface area contributed by atoms with Crippen molar-refractivity contribution in [1.82, 2.24) is 10.3 Å². The molecule has 104 valence electrons. The number of aryl methyl sites for hydroxylation is 1. The highest BCUT2D eigenvalue weighted by molar-refractivity contribution is 5.95. The van der Waals surface area contributed by atoms with E-state index in [-0.39, 0.29) is 5.91 Å². The maximum Gasteiger partial charge on any atom is 0.251 e. The second kappa shape index (κ2) is 6.19.